The number of aryl methyl sites for hydroxylation is 1. The molecule has 0 saturated heterocycles. The molecule has 1 heterocycles. The van der Waals surface area contributed by atoms with Crippen LogP contribution in [-0.4, -0.2) is 26.9 Å². The predicted molar refractivity (Wildman–Crippen MR) is 84.4 cm³/mol. The monoisotopic (exact) mass is 352 g/mol. The number of furan rings is 1. The number of hydrogen-bond donors (Lipinski definition) is 2. The summed E-state index contributed by atoms with van der Waals surface area (Å²) in [6.07, 6.45) is 1.97. The lowest BCUT2D eigenvalue weighted by atomic mass is 10.2. The van der Waals surface area contributed by atoms with Crippen molar-refractivity contribution < 1.29 is 27.2 Å². The van der Waals surface area contributed by atoms with Crippen molar-refractivity contribution in [1.82, 2.24) is 0 Å². The largest absolute Gasteiger partial charge is 0.469 e. The van der Waals surface area contributed by atoms with Gasteiger partial charge in [0.2, 0.25) is 10.0 Å². The van der Waals surface area contributed by atoms with E-state index in [4.69, 9.17) is 14.3 Å². The summed E-state index contributed by atoms with van der Waals surface area (Å²) in [6.45, 7) is -0.476. The number of carbonyl (C=O) groups excluding carboxylic acids is 2. The van der Waals surface area contributed by atoms with E-state index in [2.05, 4.69) is 5.32 Å². The Labute approximate surface area is 138 Å². The van der Waals surface area contributed by atoms with E-state index in [9.17, 15) is 18.0 Å². The summed E-state index contributed by atoms with van der Waals surface area (Å²) in [6, 6.07) is 8.89. The number of benzene rings is 1. The third-order valence-corrected chi connectivity index (χ3v) is 3.88. The molecule has 0 bridgehead atoms. The van der Waals surface area contributed by atoms with Crippen molar-refractivity contribution in [2.75, 3.05) is 11.9 Å². The van der Waals surface area contributed by atoms with Crippen LogP contribution in [0.3, 0.4) is 0 Å². The number of esters is 1. The van der Waals surface area contributed by atoms with Gasteiger partial charge >= 0.3 is 5.97 Å². The van der Waals surface area contributed by atoms with Crippen molar-refractivity contribution in [3.05, 3.63) is 48.4 Å². The quantitative estimate of drug-likeness (QED) is 0.716. The molecule has 2 aromatic rings. The molecule has 0 saturated carbocycles. The minimum Gasteiger partial charge on any atom is -0.469 e. The predicted octanol–water partition coefficient (Wildman–Crippen LogP) is 1.04. The first-order chi connectivity index (χ1) is 11.3. The molecule has 0 fully saturated rings. The molecule has 0 aliphatic heterocycles. The van der Waals surface area contributed by atoms with Gasteiger partial charge in [-0.05, 0) is 30.3 Å². The molecule has 128 valence electrons. The summed E-state index contributed by atoms with van der Waals surface area (Å²) < 4.78 is 32.4. The van der Waals surface area contributed by atoms with Gasteiger partial charge < -0.3 is 14.5 Å². The highest BCUT2D eigenvalue weighted by molar-refractivity contribution is 7.89. The molecule has 1 amide bonds. The van der Waals surface area contributed by atoms with Gasteiger partial charge in [0.25, 0.3) is 5.91 Å². The van der Waals surface area contributed by atoms with Crippen molar-refractivity contribution in [2.45, 2.75) is 17.7 Å². The van der Waals surface area contributed by atoms with Gasteiger partial charge in [0, 0.05) is 12.1 Å². The Balaban J connectivity index is 1.80. The lowest BCUT2D eigenvalue weighted by molar-refractivity contribution is -0.147. The Morgan fingerprint density at radius 2 is 2.00 bits per heavy atom. The molecule has 0 aliphatic carbocycles. The summed E-state index contributed by atoms with van der Waals surface area (Å²) in [5, 5.41) is 7.44. The fourth-order valence-corrected chi connectivity index (χ4v) is 2.41. The van der Waals surface area contributed by atoms with Crippen LogP contribution in [0.5, 0.6) is 0 Å². The molecule has 1 aromatic heterocycles. The number of nitrogens with one attached hydrogen (secondary N) is 1. The fraction of sp³-hybridized carbons (Fsp3) is 0.200. The average Bonchev–Trinajstić information content (AvgIpc) is 3.04. The van der Waals surface area contributed by atoms with Crippen LogP contribution in [0.4, 0.5) is 5.69 Å². The first kappa shape index (κ1) is 17.7. The first-order valence-corrected chi connectivity index (χ1v) is 8.50. The van der Waals surface area contributed by atoms with Crippen molar-refractivity contribution in [3.8, 4) is 0 Å². The van der Waals surface area contributed by atoms with E-state index in [1.165, 1.54) is 30.5 Å². The molecule has 9 heteroatoms. The van der Waals surface area contributed by atoms with Gasteiger partial charge in [0.05, 0.1) is 17.6 Å². The van der Waals surface area contributed by atoms with Gasteiger partial charge in [-0.1, -0.05) is 6.07 Å². The summed E-state index contributed by atoms with van der Waals surface area (Å²) in [4.78, 5) is 23.1. The number of ether oxygens (including phenoxy) is 1. The molecule has 0 unspecified atom stereocenters. The van der Waals surface area contributed by atoms with Gasteiger partial charge in [-0.2, -0.15) is 0 Å². The highest BCUT2D eigenvalue weighted by Crippen LogP contribution is 2.14. The molecule has 2 rings (SSSR count). The van der Waals surface area contributed by atoms with Gasteiger partial charge in [-0.3, -0.25) is 9.59 Å². The maximum atomic E-state index is 11.7. The summed E-state index contributed by atoms with van der Waals surface area (Å²) in [5.74, 6) is -0.482. The maximum Gasteiger partial charge on any atom is 0.306 e. The van der Waals surface area contributed by atoms with E-state index >= 15 is 0 Å². The van der Waals surface area contributed by atoms with Crippen molar-refractivity contribution in [2.24, 2.45) is 5.14 Å². The van der Waals surface area contributed by atoms with Crippen LogP contribution in [0.25, 0.3) is 0 Å². The third-order valence-electron chi connectivity index (χ3n) is 2.97. The SMILES string of the molecule is NS(=O)(=O)c1cccc(NC(=O)COC(=O)CCc2ccco2)c1. The number of carbonyl (C=O) groups is 2. The zero-order valence-corrected chi connectivity index (χ0v) is 13.4. The van der Waals surface area contributed by atoms with E-state index in [0.717, 1.165) is 0 Å². The molecule has 3 N–H and O–H groups in total. The van der Waals surface area contributed by atoms with E-state index in [1.54, 1.807) is 12.1 Å². The second-order valence-electron chi connectivity index (χ2n) is 4.86. The summed E-state index contributed by atoms with van der Waals surface area (Å²) in [5.41, 5.74) is 0.234. The molecule has 24 heavy (non-hydrogen) atoms. The third kappa shape index (κ3) is 5.52. The normalized spacial score (nSPS) is 11.0. The molecule has 0 atom stereocenters. The lowest BCUT2D eigenvalue weighted by Gasteiger charge is -2.07. The van der Waals surface area contributed by atoms with E-state index in [0.29, 0.717) is 12.2 Å². The standard InChI is InChI=1S/C15H16N2O6S/c16-24(20,21)13-5-1-3-11(9-13)17-14(18)10-23-15(19)7-6-12-4-2-8-22-12/h1-5,8-9H,6-7,10H2,(H,17,18)(H2,16,20,21). The molecule has 0 spiro atoms. The van der Waals surface area contributed by atoms with E-state index in [1.807, 2.05) is 0 Å². The number of amides is 1. The Kier molecular flexibility index (Phi) is 5.72. The molecule has 0 aliphatic rings. The average molecular weight is 352 g/mol. The summed E-state index contributed by atoms with van der Waals surface area (Å²) in [7, 11) is -3.86. The Hall–Kier alpha value is -2.65. The van der Waals surface area contributed by atoms with Crippen LogP contribution in [0, 0.1) is 0 Å². The Morgan fingerprint density at radius 1 is 1.21 bits per heavy atom. The maximum absolute atomic E-state index is 11.7. The van der Waals surface area contributed by atoms with Crippen LogP contribution in [0.2, 0.25) is 0 Å². The highest BCUT2D eigenvalue weighted by Gasteiger charge is 2.11. The van der Waals surface area contributed by atoms with Crippen molar-refractivity contribution in [1.29, 1.82) is 0 Å². The lowest BCUT2D eigenvalue weighted by Crippen LogP contribution is -2.21. The second-order valence-corrected chi connectivity index (χ2v) is 6.42. The number of anilines is 1. The number of hydrogen-bond acceptors (Lipinski definition) is 6. The van der Waals surface area contributed by atoms with Crippen LogP contribution in [-0.2, 0) is 30.8 Å². The zero-order valence-electron chi connectivity index (χ0n) is 12.6. The number of sulfonamides is 1. The van der Waals surface area contributed by atoms with Gasteiger partial charge in [0.15, 0.2) is 6.61 Å². The van der Waals surface area contributed by atoms with E-state index in [-0.39, 0.29) is 17.0 Å². The second kappa shape index (κ2) is 7.75. The van der Waals surface area contributed by atoms with E-state index < -0.39 is 28.5 Å². The molecular weight excluding hydrogens is 336 g/mol. The highest BCUT2D eigenvalue weighted by atomic mass is 32.2. The smallest absolute Gasteiger partial charge is 0.306 e. The topological polar surface area (TPSA) is 129 Å². The summed E-state index contributed by atoms with van der Waals surface area (Å²) >= 11 is 0. The Bertz CT molecular complexity index is 814. The molecule has 1 aromatic carbocycles. The van der Waals surface area contributed by atoms with Gasteiger partial charge in [-0.25, -0.2) is 13.6 Å². The fourth-order valence-electron chi connectivity index (χ4n) is 1.85. The van der Waals surface area contributed by atoms with Gasteiger partial charge in [0.1, 0.15) is 5.76 Å². The number of rotatable bonds is 7. The zero-order chi connectivity index (χ0) is 17.6. The number of nitrogens with two attached hydrogens (primary N) is 1. The van der Waals surface area contributed by atoms with Crippen molar-refractivity contribution in [3.63, 3.8) is 0 Å². The molecule has 8 nitrogen and oxygen atoms in total. The molecular formula is C15H16N2O6S. The molecule has 0 radical (unpaired) electrons. The van der Waals surface area contributed by atoms with Crippen molar-refractivity contribution >= 4 is 27.6 Å². The number of primary sulfonamides is 1. The van der Waals surface area contributed by atoms with Crippen LogP contribution >= 0.6 is 0 Å². The first-order valence-electron chi connectivity index (χ1n) is 6.95. The minimum atomic E-state index is -3.86. The Morgan fingerprint density at radius 3 is 2.67 bits per heavy atom. The minimum absolute atomic E-state index is 0.0850. The van der Waals surface area contributed by atoms with Crippen LogP contribution < -0.4 is 10.5 Å². The van der Waals surface area contributed by atoms with Crippen LogP contribution in [0.15, 0.2) is 52.0 Å². The van der Waals surface area contributed by atoms with Gasteiger partial charge in [-0.15, -0.1) is 0 Å². The van der Waals surface area contributed by atoms with Crippen LogP contribution in [0.1, 0.15) is 12.2 Å².